The van der Waals surface area contributed by atoms with E-state index in [0.717, 1.165) is 46.9 Å². The van der Waals surface area contributed by atoms with Crippen molar-refractivity contribution in [3.05, 3.63) is 104 Å². The maximum absolute atomic E-state index is 13.5. The Morgan fingerprint density at radius 2 is 1.80 bits per heavy atom. The first-order valence-corrected chi connectivity index (χ1v) is 10.6. The summed E-state index contributed by atoms with van der Waals surface area (Å²) < 4.78 is 3.81. The van der Waals surface area contributed by atoms with Gasteiger partial charge in [-0.05, 0) is 35.4 Å². The van der Waals surface area contributed by atoms with Gasteiger partial charge in [0.1, 0.15) is 0 Å². The van der Waals surface area contributed by atoms with E-state index < -0.39 is 0 Å². The van der Waals surface area contributed by atoms with Crippen molar-refractivity contribution in [3.8, 4) is 0 Å². The van der Waals surface area contributed by atoms with E-state index in [4.69, 9.17) is 23.2 Å². The van der Waals surface area contributed by atoms with Crippen molar-refractivity contribution in [2.45, 2.75) is 26.1 Å². The maximum atomic E-state index is 13.5. The molecule has 0 saturated heterocycles. The Bertz CT molecular complexity index is 1280. The molecular weight excluding hydrogens is 419 g/mol. The van der Waals surface area contributed by atoms with Crippen LogP contribution in [0.5, 0.6) is 0 Å². The van der Waals surface area contributed by atoms with Crippen LogP contribution in [0.4, 0.5) is 0 Å². The zero-order chi connectivity index (χ0) is 20.7. The summed E-state index contributed by atoms with van der Waals surface area (Å²) in [6.07, 6.45) is 4.50. The molecular formula is C23H20Cl2N4O. The largest absolute Gasteiger partial charge is 0.294 e. The molecule has 152 valence electrons. The highest BCUT2D eigenvalue weighted by atomic mass is 35.5. The number of hydrogen-bond acceptors (Lipinski definition) is 3. The van der Waals surface area contributed by atoms with Crippen LogP contribution in [-0.2, 0) is 26.1 Å². The van der Waals surface area contributed by atoms with E-state index in [1.165, 1.54) is 0 Å². The predicted molar refractivity (Wildman–Crippen MR) is 119 cm³/mol. The molecule has 0 spiro atoms. The van der Waals surface area contributed by atoms with Gasteiger partial charge in [-0.2, -0.15) is 0 Å². The number of rotatable bonds is 4. The number of benzene rings is 2. The average Bonchev–Trinajstić information content (AvgIpc) is 3.22. The molecule has 5 nitrogen and oxygen atoms in total. The summed E-state index contributed by atoms with van der Waals surface area (Å²) in [5.41, 5.74) is 4.08. The quantitative estimate of drug-likeness (QED) is 0.473. The standard InChI is InChI=1S/C23H20Cl2N4O/c24-18-6-4-16(5-7-18)14-29-22(30)20-15-27(13-17-2-1-3-19(25)12-17)10-8-21(20)28-11-9-26-23(28)29/h1-7,9,11-12H,8,10,13-15H2. The van der Waals surface area contributed by atoms with E-state index >= 15 is 0 Å². The molecule has 1 aliphatic heterocycles. The first-order chi connectivity index (χ1) is 14.6. The van der Waals surface area contributed by atoms with Crippen molar-refractivity contribution in [1.82, 2.24) is 18.9 Å². The Morgan fingerprint density at radius 1 is 0.967 bits per heavy atom. The first kappa shape index (κ1) is 19.4. The lowest BCUT2D eigenvalue weighted by Gasteiger charge is -2.29. The Balaban J connectivity index is 1.51. The summed E-state index contributed by atoms with van der Waals surface area (Å²) in [4.78, 5) is 20.3. The third-order valence-electron chi connectivity index (χ3n) is 5.60. The summed E-state index contributed by atoms with van der Waals surface area (Å²) in [7, 11) is 0. The Morgan fingerprint density at radius 3 is 2.60 bits per heavy atom. The van der Waals surface area contributed by atoms with Crippen LogP contribution in [0.2, 0.25) is 10.0 Å². The molecule has 0 atom stereocenters. The van der Waals surface area contributed by atoms with E-state index in [-0.39, 0.29) is 5.56 Å². The zero-order valence-corrected chi connectivity index (χ0v) is 17.8. The van der Waals surface area contributed by atoms with Gasteiger partial charge in [0, 0.05) is 54.2 Å². The fourth-order valence-corrected chi connectivity index (χ4v) is 4.51. The topological polar surface area (TPSA) is 42.5 Å². The molecule has 0 bridgehead atoms. The molecule has 0 N–H and O–H groups in total. The van der Waals surface area contributed by atoms with Crippen LogP contribution in [0.25, 0.3) is 5.78 Å². The molecule has 30 heavy (non-hydrogen) atoms. The van der Waals surface area contributed by atoms with Gasteiger partial charge in [0.15, 0.2) is 0 Å². The van der Waals surface area contributed by atoms with E-state index in [0.29, 0.717) is 23.9 Å². The second kappa shape index (κ2) is 7.91. The summed E-state index contributed by atoms with van der Waals surface area (Å²) in [6.45, 7) is 2.71. The third kappa shape index (κ3) is 3.65. The average molecular weight is 439 g/mol. The number of hydrogen-bond donors (Lipinski definition) is 0. The summed E-state index contributed by atoms with van der Waals surface area (Å²) in [5, 5.41) is 1.41. The summed E-state index contributed by atoms with van der Waals surface area (Å²) >= 11 is 12.2. The Hall–Kier alpha value is -2.60. The maximum Gasteiger partial charge on any atom is 0.259 e. The lowest BCUT2D eigenvalue weighted by molar-refractivity contribution is 0.240. The van der Waals surface area contributed by atoms with E-state index in [1.54, 1.807) is 10.8 Å². The Labute approximate surface area is 184 Å². The van der Waals surface area contributed by atoms with Gasteiger partial charge in [0.2, 0.25) is 5.78 Å². The predicted octanol–water partition coefficient (Wildman–Crippen LogP) is 4.41. The van der Waals surface area contributed by atoms with Crippen LogP contribution in [-0.4, -0.2) is 25.4 Å². The van der Waals surface area contributed by atoms with Crippen LogP contribution in [0.1, 0.15) is 22.4 Å². The number of fused-ring (bicyclic) bond motifs is 3. The van der Waals surface area contributed by atoms with Crippen molar-refractivity contribution in [2.75, 3.05) is 6.54 Å². The number of nitrogens with zero attached hydrogens (tertiary/aromatic N) is 4. The number of aromatic nitrogens is 3. The van der Waals surface area contributed by atoms with Gasteiger partial charge in [-0.1, -0.05) is 47.5 Å². The van der Waals surface area contributed by atoms with Crippen LogP contribution < -0.4 is 5.56 Å². The van der Waals surface area contributed by atoms with Crippen LogP contribution in [0.15, 0.2) is 65.7 Å². The van der Waals surface area contributed by atoms with Crippen LogP contribution in [0.3, 0.4) is 0 Å². The summed E-state index contributed by atoms with van der Waals surface area (Å²) in [5.74, 6) is 0.678. The smallest absolute Gasteiger partial charge is 0.259 e. The van der Waals surface area contributed by atoms with Crippen molar-refractivity contribution in [3.63, 3.8) is 0 Å². The number of halogens is 2. The van der Waals surface area contributed by atoms with Gasteiger partial charge in [-0.25, -0.2) is 4.98 Å². The minimum Gasteiger partial charge on any atom is -0.294 e. The molecule has 0 radical (unpaired) electrons. The van der Waals surface area contributed by atoms with Crippen LogP contribution >= 0.6 is 23.2 Å². The summed E-state index contributed by atoms with van der Waals surface area (Å²) in [6, 6.07) is 15.5. The molecule has 0 aliphatic carbocycles. The second-order valence-corrected chi connectivity index (χ2v) is 8.50. The molecule has 0 saturated carbocycles. The van der Waals surface area contributed by atoms with E-state index in [2.05, 4.69) is 20.4 Å². The minimum atomic E-state index is 0.0226. The van der Waals surface area contributed by atoms with E-state index in [9.17, 15) is 4.79 Å². The lowest BCUT2D eigenvalue weighted by atomic mass is 10.1. The fourth-order valence-electron chi connectivity index (χ4n) is 4.17. The molecule has 2 aromatic heterocycles. The van der Waals surface area contributed by atoms with Gasteiger partial charge in [-0.15, -0.1) is 0 Å². The van der Waals surface area contributed by atoms with Crippen molar-refractivity contribution >= 4 is 29.0 Å². The normalized spacial score (nSPS) is 14.2. The second-order valence-electron chi connectivity index (χ2n) is 7.63. The molecule has 0 amide bonds. The third-order valence-corrected chi connectivity index (χ3v) is 6.09. The molecule has 7 heteroatoms. The van der Waals surface area contributed by atoms with Crippen LogP contribution in [0, 0.1) is 0 Å². The van der Waals surface area contributed by atoms with E-state index in [1.807, 2.05) is 48.7 Å². The van der Waals surface area contributed by atoms with Crippen molar-refractivity contribution in [1.29, 1.82) is 0 Å². The minimum absolute atomic E-state index is 0.0226. The van der Waals surface area contributed by atoms with Gasteiger partial charge < -0.3 is 0 Å². The monoisotopic (exact) mass is 438 g/mol. The molecule has 5 rings (SSSR count). The van der Waals surface area contributed by atoms with Gasteiger partial charge >= 0.3 is 0 Å². The molecule has 0 unspecified atom stereocenters. The van der Waals surface area contributed by atoms with Gasteiger partial charge in [-0.3, -0.25) is 18.7 Å². The highest BCUT2D eigenvalue weighted by molar-refractivity contribution is 6.30. The van der Waals surface area contributed by atoms with Gasteiger partial charge in [0.05, 0.1) is 12.1 Å². The fraction of sp³-hybridized carbons (Fsp3) is 0.217. The SMILES string of the molecule is O=c1c2c(n3ccnc3n1Cc1ccc(Cl)cc1)CCN(Cc1cccc(Cl)c1)C2. The highest BCUT2D eigenvalue weighted by Crippen LogP contribution is 2.21. The molecule has 2 aromatic carbocycles. The molecule has 3 heterocycles. The molecule has 0 fully saturated rings. The van der Waals surface area contributed by atoms with Crippen molar-refractivity contribution in [2.24, 2.45) is 0 Å². The molecule has 1 aliphatic rings. The van der Waals surface area contributed by atoms with Crippen molar-refractivity contribution < 1.29 is 0 Å². The highest BCUT2D eigenvalue weighted by Gasteiger charge is 2.24. The molecule has 4 aromatic rings. The lowest BCUT2D eigenvalue weighted by Crippen LogP contribution is -2.38. The first-order valence-electron chi connectivity index (χ1n) is 9.87. The zero-order valence-electron chi connectivity index (χ0n) is 16.3. The number of imidazole rings is 1. The van der Waals surface area contributed by atoms with Gasteiger partial charge in [0.25, 0.3) is 5.56 Å². The Kier molecular flexibility index (Phi) is 5.11.